The maximum atomic E-state index is 11.5. The lowest BCUT2D eigenvalue weighted by Gasteiger charge is -2.00. The maximum Gasteiger partial charge on any atom is 0.281 e. The molecule has 8 nitrogen and oxygen atoms in total. The smallest absolute Gasteiger partial charge is 0.281 e. The Morgan fingerprint density at radius 3 is 2.86 bits per heavy atom. The van der Waals surface area contributed by atoms with Gasteiger partial charge in [0.1, 0.15) is 6.33 Å². The molecule has 0 amide bonds. The van der Waals surface area contributed by atoms with Gasteiger partial charge in [-0.15, -0.1) is 0 Å². The van der Waals surface area contributed by atoms with E-state index < -0.39 is 10.0 Å². The van der Waals surface area contributed by atoms with Crippen molar-refractivity contribution in [2.75, 3.05) is 4.72 Å². The van der Waals surface area contributed by atoms with Crippen molar-refractivity contribution in [2.45, 2.75) is 5.03 Å². The van der Waals surface area contributed by atoms with Crippen LogP contribution in [0, 0.1) is 0 Å². The van der Waals surface area contributed by atoms with E-state index >= 15 is 0 Å². The van der Waals surface area contributed by atoms with Crippen molar-refractivity contribution in [1.29, 1.82) is 0 Å². The molecule has 74 valence electrons. The first-order valence-electron chi connectivity index (χ1n) is 3.55. The van der Waals surface area contributed by atoms with Gasteiger partial charge < -0.3 is 4.98 Å². The Kier molecular flexibility index (Phi) is 1.93. The van der Waals surface area contributed by atoms with Gasteiger partial charge in [-0.3, -0.25) is 0 Å². The zero-order valence-corrected chi connectivity index (χ0v) is 7.61. The Balaban J connectivity index is 2.27. The minimum atomic E-state index is -3.64. The van der Waals surface area contributed by atoms with Crippen LogP contribution in [-0.4, -0.2) is 33.6 Å². The van der Waals surface area contributed by atoms with Crippen molar-refractivity contribution < 1.29 is 8.42 Å². The normalized spacial score (nSPS) is 11.4. The summed E-state index contributed by atoms with van der Waals surface area (Å²) in [5.41, 5.74) is 0. The van der Waals surface area contributed by atoms with Crippen molar-refractivity contribution in [3.05, 3.63) is 18.9 Å². The van der Waals surface area contributed by atoms with E-state index in [0.717, 1.165) is 0 Å². The lowest BCUT2D eigenvalue weighted by Crippen LogP contribution is -2.14. The predicted octanol–water partition coefficient (Wildman–Crippen LogP) is -0.671. The number of aromatic amines is 2. The van der Waals surface area contributed by atoms with Gasteiger partial charge in [-0.05, 0) is 0 Å². The Hall–Kier alpha value is -1.90. The Bertz CT molecular complexity index is 486. The molecular weight excluding hydrogens is 208 g/mol. The number of hydrogen-bond acceptors (Lipinski definition) is 5. The fourth-order valence-corrected chi connectivity index (χ4v) is 1.70. The second-order valence-corrected chi connectivity index (χ2v) is 4.01. The quantitative estimate of drug-likeness (QED) is 0.626. The summed E-state index contributed by atoms with van der Waals surface area (Å²) in [6.07, 6.45) is 3.67. The number of nitrogens with one attached hydrogen (secondary N) is 3. The van der Waals surface area contributed by atoms with E-state index in [1.165, 1.54) is 18.9 Å². The minimum Gasteiger partial charge on any atom is -0.334 e. The largest absolute Gasteiger partial charge is 0.334 e. The van der Waals surface area contributed by atoms with Crippen LogP contribution in [0.1, 0.15) is 0 Å². The van der Waals surface area contributed by atoms with E-state index in [1.807, 2.05) is 0 Å². The van der Waals surface area contributed by atoms with Crippen molar-refractivity contribution in [3.8, 4) is 0 Å². The number of sulfonamides is 1. The van der Waals surface area contributed by atoms with Crippen LogP contribution < -0.4 is 4.72 Å². The number of aromatic nitrogens is 5. The summed E-state index contributed by atoms with van der Waals surface area (Å²) in [4.78, 5) is 9.68. The van der Waals surface area contributed by atoms with Gasteiger partial charge in [0.25, 0.3) is 10.0 Å². The van der Waals surface area contributed by atoms with E-state index in [0.29, 0.717) is 0 Å². The molecule has 14 heavy (non-hydrogen) atoms. The Labute approximate surface area is 78.8 Å². The van der Waals surface area contributed by atoms with Gasteiger partial charge in [0.05, 0.1) is 12.5 Å². The Morgan fingerprint density at radius 2 is 2.29 bits per heavy atom. The summed E-state index contributed by atoms with van der Waals surface area (Å²) in [5, 5.41) is 5.83. The van der Waals surface area contributed by atoms with Gasteiger partial charge in [0.2, 0.25) is 5.95 Å². The van der Waals surface area contributed by atoms with E-state index in [9.17, 15) is 8.42 Å². The summed E-state index contributed by atoms with van der Waals surface area (Å²) in [7, 11) is -3.64. The number of anilines is 1. The molecule has 0 spiro atoms. The number of imidazole rings is 1. The summed E-state index contributed by atoms with van der Waals surface area (Å²) < 4.78 is 25.2. The maximum absolute atomic E-state index is 11.5. The zero-order valence-electron chi connectivity index (χ0n) is 6.80. The number of H-pyrrole nitrogens is 2. The molecule has 2 rings (SSSR count). The van der Waals surface area contributed by atoms with Gasteiger partial charge >= 0.3 is 0 Å². The van der Waals surface area contributed by atoms with Crippen LogP contribution >= 0.6 is 0 Å². The monoisotopic (exact) mass is 214 g/mol. The van der Waals surface area contributed by atoms with E-state index in [2.05, 4.69) is 29.9 Å². The van der Waals surface area contributed by atoms with Crippen LogP contribution in [0.15, 0.2) is 23.9 Å². The lowest BCUT2D eigenvalue weighted by atomic mass is 11.0. The third-order valence-electron chi connectivity index (χ3n) is 1.41. The molecule has 0 aliphatic heterocycles. The molecule has 0 aromatic carbocycles. The van der Waals surface area contributed by atoms with Crippen molar-refractivity contribution in [2.24, 2.45) is 0 Å². The third kappa shape index (κ3) is 1.57. The molecular formula is C5H6N6O2S. The SMILES string of the molecule is O=S(=O)(Nc1ncn[nH]1)c1cnc[nH]1. The van der Waals surface area contributed by atoms with Crippen molar-refractivity contribution in [3.63, 3.8) is 0 Å². The van der Waals surface area contributed by atoms with Crippen LogP contribution in [0.3, 0.4) is 0 Å². The van der Waals surface area contributed by atoms with Gasteiger partial charge in [-0.25, -0.2) is 14.8 Å². The average Bonchev–Trinajstić information content (AvgIpc) is 2.71. The summed E-state index contributed by atoms with van der Waals surface area (Å²) >= 11 is 0. The highest BCUT2D eigenvalue weighted by Crippen LogP contribution is 2.07. The molecule has 0 fully saturated rings. The highest BCUT2D eigenvalue weighted by Gasteiger charge is 2.16. The second kappa shape index (κ2) is 3.10. The molecule has 2 aromatic heterocycles. The van der Waals surface area contributed by atoms with E-state index in [1.54, 1.807) is 0 Å². The number of hydrogen-bond donors (Lipinski definition) is 3. The first-order chi connectivity index (χ1) is 6.68. The van der Waals surface area contributed by atoms with Crippen LogP contribution in [0.4, 0.5) is 5.95 Å². The van der Waals surface area contributed by atoms with Crippen molar-refractivity contribution >= 4 is 16.0 Å². The molecule has 9 heteroatoms. The number of nitrogens with zero attached hydrogens (tertiary/aromatic N) is 3. The predicted molar refractivity (Wildman–Crippen MR) is 45.8 cm³/mol. The van der Waals surface area contributed by atoms with Crippen LogP contribution in [-0.2, 0) is 10.0 Å². The van der Waals surface area contributed by atoms with Gasteiger partial charge in [-0.1, -0.05) is 0 Å². The third-order valence-corrected chi connectivity index (χ3v) is 2.67. The van der Waals surface area contributed by atoms with Gasteiger partial charge in [-0.2, -0.15) is 18.5 Å². The molecule has 0 saturated heterocycles. The Morgan fingerprint density at radius 1 is 1.43 bits per heavy atom. The van der Waals surface area contributed by atoms with Crippen LogP contribution in [0.5, 0.6) is 0 Å². The molecule has 0 aliphatic carbocycles. The summed E-state index contributed by atoms with van der Waals surface area (Å²) in [5.74, 6) is 0.0552. The highest BCUT2D eigenvalue weighted by molar-refractivity contribution is 7.92. The molecule has 3 N–H and O–H groups in total. The van der Waals surface area contributed by atoms with Crippen molar-refractivity contribution in [1.82, 2.24) is 25.1 Å². The summed E-state index contributed by atoms with van der Waals surface area (Å²) in [6, 6.07) is 0. The molecule has 0 atom stereocenters. The molecule has 0 unspecified atom stereocenters. The van der Waals surface area contributed by atoms with Gasteiger partial charge in [0, 0.05) is 0 Å². The summed E-state index contributed by atoms with van der Waals surface area (Å²) in [6.45, 7) is 0. The fraction of sp³-hybridized carbons (Fsp3) is 0. The zero-order chi connectivity index (χ0) is 10.0. The van der Waals surface area contributed by atoms with E-state index in [4.69, 9.17) is 0 Å². The molecule has 0 radical (unpaired) electrons. The molecule has 2 heterocycles. The lowest BCUT2D eigenvalue weighted by molar-refractivity contribution is 0.598. The van der Waals surface area contributed by atoms with Crippen LogP contribution in [0.25, 0.3) is 0 Å². The molecule has 2 aromatic rings. The molecule has 0 aliphatic rings. The van der Waals surface area contributed by atoms with Crippen LogP contribution in [0.2, 0.25) is 0 Å². The molecule has 0 saturated carbocycles. The minimum absolute atomic E-state index is 0.0334. The van der Waals surface area contributed by atoms with E-state index in [-0.39, 0.29) is 11.0 Å². The second-order valence-electron chi connectivity index (χ2n) is 2.36. The fourth-order valence-electron chi connectivity index (χ4n) is 0.827. The molecule has 0 bridgehead atoms. The standard InChI is InChI=1S/C5H6N6O2S/c12-14(13,4-1-6-2-7-4)11-5-8-3-9-10-5/h1-3H,(H,6,7)(H2,8,9,10,11). The number of rotatable bonds is 3. The topological polar surface area (TPSA) is 116 Å². The average molecular weight is 214 g/mol. The first-order valence-corrected chi connectivity index (χ1v) is 5.03. The highest BCUT2D eigenvalue weighted by atomic mass is 32.2. The van der Waals surface area contributed by atoms with Gasteiger partial charge in [0.15, 0.2) is 5.03 Å². The first kappa shape index (κ1) is 8.69.